The van der Waals surface area contributed by atoms with E-state index in [9.17, 15) is 9.59 Å². The number of phenolic OH excluding ortho intramolecular Hbond substituents is 1. The molecule has 0 saturated heterocycles. The van der Waals surface area contributed by atoms with Gasteiger partial charge in [0.2, 0.25) is 0 Å². The molecule has 0 amide bonds. The van der Waals surface area contributed by atoms with Gasteiger partial charge < -0.3 is 19.9 Å². The highest BCUT2D eigenvalue weighted by Gasteiger charge is 2.08. The van der Waals surface area contributed by atoms with Gasteiger partial charge in [-0.1, -0.05) is 0 Å². The van der Waals surface area contributed by atoms with Crippen LogP contribution >= 0.6 is 0 Å². The third kappa shape index (κ3) is 4.55. The number of rotatable bonds is 7. The summed E-state index contributed by atoms with van der Waals surface area (Å²) < 4.78 is 0. The highest BCUT2D eigenvalue weighted by Crippen LogP contribution is 2.18. The van der Waals surface area contributed by atoms with E-state index in [1.54, 1.807) is 12.1 Å². The van der Waals surface area contributed by atoms with Crippen LogP contribution < -0.4 is 4.90 Å². The molecule has 0 unspecified atom stereocenters. The fourth-order valence-corrected chi connectivity index (χ4v) is 1.47. The zero-order valence-corrected chi connectivity index (χ0v) is 9.37. The van der Waals surface area contributed by atoms with Crippen molar-refractivity contribution in [2.45, 2.75) is 12.8 Å². The molecule has 0 aliphatic rings. The summed E-state index contributed by atoms with van der Waals surface area (Å²) >= 11 is 0. The van der Waals surface area contributed by atoms with Crippen molar-refractivity contribution in [2.75, 3.05) is 18.0 Å². The first-order valence-corrected chi connectivity index (χ1v) is 5.33. The molecule has 0 saturated carbocycles. The van der Waals surface area contributed by atoms with Crippen molar-refractivity contribution >= 4 is 17.9 Å². The van der Waals surface area contributed by atoms with Gasteiger partial charge in [0.15, 0.2) is 0 Å². The van der Waals surface area contributed by atoms with Crippen LogP contribution in [0, 0.1) is 0 Å². The van der Waals surface area contributed by atoms with Crippen molar-refractivity contribution in [2.24, 2.45) is 0 Å². The van der Waals surface area contributed by atoms with E-state index in [1.807, 2.05) is 4.90 Å². The summed E-state index contributed by atoms with van der Waals surface area (Å²) in [5.74, 6) is -0.720. The van der Waals surface area contributed by atoms with Crippen LogP contribution in [0.5, 0.6) is 5.75 Å². The number of benzene rings is 1. The Labute approximate surface area is 99.3 Å². The highest BCUT2D eigenvalue weighted by atomic mass is 16.4. The Morgan fingerprint density at radius 1 is 1.24 bits per heavy atom. The number of hydrogen-bond acceptors (Lipinski definition) is 4. The van der Waals surface area contributed by atoms with Gasteiger partial charge in [-0.3, -0.25) is 4.79 Å². The lowest BCUT2D eigenvalue weighted by Gasteiger charge is -2.23. The van der Waals surface area contributed by atoms with Crippen molar-refractivity contribution in [1.82, 2.24) is 0 Å². The molecular formula is C12H15NO4. The molecule has 1 aromatic rings. The number of anilines is 1. The number of carboxylic acids is 1. The van der Waals surface area contributed by atoms with Crippen molar-refractivity contribution in [1.29, 1.82) is 0 Å². The van der Waals surface area contributed by atoms with Crippen molar-refractivity contribution in [3.63, 3.8) is 0 Å². The number of aromatic hydroxyl groups is 1. The molecule has 0 spiro atoms. The molecule has 92 valence electrons. The molecule has 17 heavy (non-hydrogen) atoms. The third-order valence-corrected chi connectivity index (χ3v) is 2.33. The lowest BCUT2D eigenvalue weighted by molar-refractivity contribution is -0.136. The SMILES string of the molecule is O=CCCN(CCC(=O)O)c1ccc(O)cc1. The average Bonchev–Trinajstić information content (AvgIpc) is 2.30. The van der Waals surface area contributed by atoms with E-state index in [4.69, 9.17) is 10.2 Å². The van der Waals surface area contributed by atoms with Gasteiger partial charge >= 0.3 is 5.97 Å². The zero-order chi connectivity index (χ0) is 12.7. The monoisotopic (exact) mass is 237 g/mol. The van der Waals surface area contributed by atoms with Crippen molar-refractivity contribution in [3.8, 4) is 5.75 Å². The van der Waals surface area contributed by atoms with Gasteiger partial charge in [0, 0.05) is 25.2 Å². The maximum Gasteiger partial charge on any atom is 0.305 e. The molecule has 0 bridgehead atoms. The molecule has 0 atom stereocenters. The summed E-state index contributed by atoms with van der Waals surface area (Å²) in [6.45, 7) is 0.815. The molecule has 0 aromatic heterocycles. The Morgan fingerprint density at radius 2 is 1.88 bits per heavy atom. The topological polar surface area (TPSA) is 77.8 Å². The van der Waals surface area contributed by atoms with Gasteiger partial charge in [-0.2, -0.15) is 0 Å². The zero-order valence-electron chi connectivity index (χ0n) is 9.37. The van der Waals surface area contributed by atoms with Crippen LogP contribution in [0.1, 0.15) is 12.8 Å². The quantitative estimate of drug-likeness (QED) is 0.698. The first-order chi connectivity index (χ1) is 8.13. The molecule has 0 heterocycles. The maximum absolute atomic E-state index is 10.5. The molecule has 0 aliphatic carbocycles. The molecule has 1 rings (SSSR count). The number of carbonyl (C=O) groups excluding carboxylic acids is 1. The number of aliphatic carboxylic acids is 1. The van der Waals surface area contributed by atoms with Gasteiger partial charge in [0.25, 0.3) is 0 Å². The van der Waals surface area contributed by atoms with E-state index in [-0.39, 0.29) is 12.2 Å². The third-order valence-electron chi connectivity index (χ3n) is 2.33. The minimum absolute atomic E-state index is 0.0136. The number of carboxylic acid groups (broad SMARTS) is 1. The number of nitrogens with zero attached hydrogens (tertiary/aromatic N) is 1. The molecule has 0 radical (unpaired) electrons. The predicted molar refractivity (Wildman–Crippen MR) is 63.3 cm³/mol. The predicted octanol–water partition coefficient (Wildman–Crippen LogP) is 1.26. The largest absolute Gasteiger partial charge is 0.508 e. The summed E-state index contributed by atoms with van der Waals surface area (Å²) in [7, 11) is 0. The van der Waals surface area contributed by atoms with Crippen LogP contribution in [0.3, 0.4) is 0 Å². The summed E-state index contributed by atoms with van der Waals surface area (Å²) in [6, 6.07) is 6.46. The maximum atomic E-state index is 10.5. The summed E-state index contributed by atoms with van der Waals surface area (Å²) in [5.41, 5.74) is 0.797. The van der Waals surface area contributed by atoms with Crippen LogP contribution in [0.25, 0.3) is 0 Å². The van der Waals surface area contributed by atoms with Crippen LogP contribution in [0.4, 0.5) is 5.69 Å². The fourth-order valence-electron chi connectivity index (χ4n) is 1.47. The lowest BCUT2D eigenvalue weighted by atomic mass is 10.2. The average molecular weight is 237 g/mol. The van der Waals surface area contributed by atoms with Gasteiger partial charge in [-0.25, -0.2) is 0 Å². The Bertz CT molecular complexity index is 375. The molecule has 2 N–H and O–H groups in total. The minimum atomic E-state index is -0.875. The summed E-state index contributed by atoms with van der Waals surface area (Å²) in [6.07, 6.45) is 1.16. The molecule has 5 heteroatoms. The lowest BCUT2D eigenvalue weighted by Crippen LogP contribution is -2.27. The molecule has 5 nitrogen and oxygen atoms in total. The second-order valence-corrected chi connectivity index (χ2v) is 3.60. The van der Waals surface area contributed by atoms with Crippen molar-refractivity contribution < 1.29 is 19.8 Å². The van der Waals surface area contributed by atoms with Crippen LogP contribution in [0.2, 0.25) is 0 Å². The Balaban J connectivity index is 2.70. The van der Waals surface area contributed by atoms with Gasteiger partial charge in [-0.15, -0.1) is 0 Å². The standard InChI is InChI=1S/C12H15NO4/c14-9-1-7-13(8-6-12(16)17)10-2-4-11(15)5-3-10/h2-5,9,15H,1,6-8H2,(H,16,17). The van der Waals surface area contributed by atoms with Crippen LogP contribution in [-0.4, -0.2) is 35.6 Å². The molecule has 0 fully saturated rings. The van der Waals surface area contributed by atoms with E-state index in [1.165, 1.54) is 12.1 Å². The van der Waals surface area contributed by atoms with E-state index < -0.39 is 5.97 Å². The smallest absolute Gasteiger partial charge is 0.305 e. The number of carbonyl (C=O) groups is 2. The van der Waals surface area contributed by atoms with E-state index in [2.05, 4.69) is 0 Å². The van der Waals surface area contributed by atoms with Gasteiger partial charge in [0.1, 0.15) is 12.0 Å². The number of phenols is 1. The second-order valence-electron chi connectivity index (χ2n) is 3.60. The van der Waals surface area contributed by atoms with Crippen molar-refractivity contribution in [3.05, 3.63) is 24.3 Å². The Kier molecular flexibility index (Phi) is 5.00. The normalized spacial score (nSPS) is 9.88. The number of aldehydes is 1. The van der Waals surface area contributed by atoms with Crippen LogP contribution in [0.15, 0.2) is 24.3 Å². The van der Waals surface area contributed by atoms with E-state index >= 15 is 0 Å². The first-order valence-electron chi connectivity index (χ1n) is 5.33. The van der Waals surface area contributed by atoms with Gasteiger partial charge in [-0.05, 0) is 24.3 Å². The first kappa shape index (κ1) is 13.0. The Hall–Kier alpha value is -2.04. The molecular weight excluding hydrogens is 222 g/mol. The fraction of sp³-hybridized carbons (Fsp3) is 0.333. The van der Waals surface area contributed by atoms with Gasteiger partial charge in [0.05, 0.1) is 6.42 Å². The minimum Gasteiger partial charge on any atom is -0.508 e. The second kappa shape index (κ2) is 6.52. The summed E-state index contributed by atoms with van der Waals surface area (Å²) in [5, 5.41) is 17.8. The Morgan fingerprint density at radius 3 is 2.41 bits per heavy atom. The van der Waals surface area contributed by atoms with E-state index in [0.717, 1.165) is 12.0 Å². The van der Waals surface area contributed by atoms with Crippen LogP contribution in [-0.2, 0) is 9.59 Å². The summed E-state index contributed by atoms with van der Waals surface area (Å²) in [4.78, 5) is 22.7. The highest BCUT2D eigenvalue weighted by molar-refractivity contribution is 5.67. The van der Waals surface area contributed by atoms with E-state index in [0.29, 0.717) is 19.5 Å². The molecule has 0 aliphatic heterocycles. The number of hydrogen-bond donors (Lipinski definition) is 2. The molecule has 1 aromatic carbocycles.